The minimum Gasteiger partial charge on any atom is -0.340 e. The molecule has 0 spiro atoms. The lowest BCUT2D eigenvalue weighted by molar-refractivity contribution is -0.133. The summed E-state index contributed by atoms with van der Waals surface area (Å²) < 4.78 is 5.31. The smallest absolute Gasteiger partial charge is 0.243 e. The number of hydrogen-bond donors (Lipinski definition) is 1. The lowest BCUT2D eigenvalue weighted by Gasteiger charge is -2.37. The van der Waals surface area contributed by atoms with Gasteiger partial charge in [-0.25, -0.2) is 0 Å². The Morgan fingerprint density at radius 3 is 2.55 bits per heavy atom. The molecule has 2 rings (SSSR count). The van der Waals surface area contributed by atoms with E-state index in [0.29, 0.717) is 12.3 Å². The molecule has 22 heavy (non-hydrogen) atoms. The van der Waals surface area contributed by atoms with Crippen LogP contribution < -0.4 is 5.73 Å². The lowest BCUT2D eigenvalue weighted by Crippen LogP contribution is -2.49. The first-order valence-corrected chi connectivity index (χ1v) is 8.11. The summed E-state index contributed by atoms with van der Waals surface area (Å²) >= 11 is 0. The Labute approximate surface area is 131 Å². The number of aromatic nitrogens is 2. The number of aryl methyl sites for hydroxylation is 1. The molecule has 0 radical (unpaired) electrons. The molecule has 2 unspecified atom stereocenters. The van der Waals surface area contributed by atoms with Gasteiger partial charge in [0.1, 0.15) is 0 Å². The van der Waals surface area contributed by atoms with Crippen LogP contribution in [0, 0.1) is 0 Å². The van der Waals surface area contributed by atoms with Crippen molar-refractivity contribution in [2.75, 3.05) is 26.2 Å². The standard InChI is InChI=1S/C15H27N5O2/c1-4-13-17-15(22-18-13)12(3)19-7-9-20(10-8-19)14(21)6-5-11(2)16/h11-12H,4-10,16H2,1-3H3. The monoisotopic (exact) mass is 309 g/mol. The summed E-state index contributed by atoms with van der Waals surface area (Å²) in [5.41, 5.74) is 5.71. The maximum absolute atomic E-state index is 12.1. The summed E-state index contributed by atoms with van der Waals surface area (Å²) in [5, 5.41) is 3.95. The number of amides is 1. The van der Waals surface area contributed by atoms with E-state index < -0.39 is 0 Å². The highest BCUT2D eigenvalue weighted by Gasteiger charge is 2.27. The SMILES string of the molecule is CCc1noc(C(C)N2CCN(C(=O)CCC(C)N)CC2)n1. The molecular formula is C15H27N5O2. The van der Waals surface area contributed by atoms with Gasteiger partial charge < -0.3 is 15.2 Å². The first-order chi connectivity index (χ1) is 10.5. The van der Waals surface area contributed by atoms with Gasteiger partial charge in [0.05, 0.1) is 6.04 Å². The Morgan fingerprint density at radius 2 is 2.00 bits per heavy atom. The van der Waals surface area contributed by atoms with Crippen LogP contribution in [0.5, 0.6) is 0 Å². The van der Waals surface area contributed by atoms with E-state index in [9.17, 15) is 4.79 Å². The van der Waals surface area contributed by atoms with Crippen LogP contribution in [0.1, 0.15) is 51.4 Å². The largest absolute Gasteiger partial charge is 0.340 e. The summed E-state index contributed by atoms with van der Waals surface area (Å²) in [6.45, 7) is 9.16. The van der Waals surface area contributed by atoms with Crippen LogP contribution in [0.2, 0.25) is 0 Å². The third kappa shape index (κ3) is 4.27. The molecule has 0 bridgehead atoms. The zero-order valence-corrected chi connectivity index (χ0v) is 13.8. The van der Waals surface area contributed by atoms with Gasteiger partial charge in [-0.2, -0.15) is 4.98 Å². The number of hydrogen-bond acceptors (Lipinski definition) is 6. The van der Waals surface area contributed by atoms with Crippen LogP contribution in [0.3, 0.4) is 0 Å². The van der Waals surface area contributed by atoms with Crippen LogP contribution in [-0.2, 0) is 11.2 Å². The average Bonchev–Trinajstić information content (AvgIpc) is 3.01. The van der Waals surface area contributed by atoms with Gasteiger partial charge in [-0.15, -0.1) is 0 Å². The van der Waals surface area contributed by atoms with Gasteiger partial charge in [0.25, 0.3) is 0 Å². The highest BCUT2D eigenvalue weighted by atomic mass is 16.5. The maximum atomic E-state index is 12.1. The second-order valence-electron chi connectivity index (χ2n) is 6.01. The molecule has 1 aromatic heterocycles. The van der Waals surface area contributed by atoms with E-state index in [0.717, 1.165) is 44.8 Å². The minimum atomic E-state index is 0.0792. The Morgan fingerprint density at radius 1 is 1.32 bits per heavy atom. The fourth-order valence-electron chi connectivity index (χ4n) is 2.60. The van der Waals surface area contributed by atoms with Crippen molar-refractivity contribution in [1.29, 1.82) is 0 Å². The van der Waals surface area contributed by atoms with Crippen LogP contribution >= 0.6 is 0 Å². The first kappa shape index (κ1) is 16.9. The van der Waals surface area contributed by atoms with Gasteiger partial charge in [0.15, 0.2) is 5.82 Å². The predicted octanol–water partition coefficient (Wildman–Crippen LogP) is 0.965. The van der Waals surface area contributed by atoms with Crippen molar-refractivity contribution >= 4 is 5.91 Å². The van der Waals surface area contributed by atoms with Crippen LogP contribution in [0.4, 0.5) is 0 Å². The fraction of sp³-hybridized carbons (Fsp3) is 0.800. The highest BCUT2D eigenvalue weighted by molar-refractivity contribution is 5.76. The zero-order chi connectivity index (χ0) is 16.1. The van der Waals surface area contributed by atoms with Crippen molar-refractivity contribution in [2.45, 2.75) is 52.1 Å². The molecule has 0 saturated carbocycles. The Bertz CT molecular complexity index is 480. The number of nitrogens with zero attached hydrogens (tertiary/aromatic N) is 4. The van der Waals surface area contributed by atoms with Crippen molar-refractivity contribution in [3.05, 3.63) is 11.7 Å². The van der Waals surface area contributed by atoms with Crippen molar-refractivity contribution in [3.63, 3.8) is 0 Å². The Kier molecular flexibility index (Phi) is 5.90. The molecule has 2 N–H and O–H groups in total. The quantitative estimate of drug-likeness (QED) is 0.842. The first-order valence-electron chi connectivity index (χ1n) is 8.11. The van der Waals surface area contributed by atoms with E-state index in [1.165, 1.54) is 0 Å². The normalized spacial score (nSPS) is 19.2. The molecular weight excluding hydrogens is 282 g/mol. The van der Waals surface area contributed by atoms with E-state index in [1.807, 2.05) is 18.7 Å². The zero-order valence-electron chi connectivity index (χ0n) is 13.8. The Balaban J connectivity index is 1.82. The molecule has 0 aromatic carbocycles. The number of nitrogens with two attached hydrogens (primary N) is 1. The molecule has 0 aliphatic carbocycles. The molecule has 1 amide bonds. The van der Waals surface area contributed by atoms with Gasteiger partial charge in [-0.1, -0.05) is 12.1 Å². The number of carbonyl (C=O) groups is 1. The van der Waals surface area contributed by atoms with Crippen LogP contribution in [0.15, 0.2) is 4.52 Å². The van der Waals surface area contributed by atoms with Crippen LogP contribution in [-0.4, -0.2) is 58.1 Å². The average molecular weight is 309 g/mol. The summed E-state index contributed by atoms with van der Waals surface area (Å²) in [7, 11) is 0. The van der Waals surface area contributed by atoms with Crippen LogP contribution in [0.25, 0.3) is 0 Å². The summed E-state index contributed by atoms with van der Waals surface area (Å²) in [6, 6.07) is 0.171. The third-order valence-corrected chi connectivity index (χ3v) is 4.19. The van der Waals surface area contributed by atoms with E-state index in [4.69, 9.17) is 10.3 Å². The second-order valence-corrected chi connectivity index (χ2v) is 6.01. The van der Waals surface area contributed by atoms with Gasteiger partial charge in [-0.3, -0.25) is 9.69 Å². The van der Waals surface area contributed by atoms with Crippen molar-refractivity contribution in [3.8, 4) is 0 Å². The van der Waals surface area contributed by atoms with E-state index in [2.05, 4.69) is 22.0 Å². The molecule has 2 atom stereocenters. The number of carbonyl (C=O) groups excluding carboxylic acids is 1. The predicted molar refractivity (Wildman–Crippen MR) is 83.1 cm³/mol. The van der Waals surface area contributed by atoms with E-state index >= 15 is 0 Å². The van der Waals surface area contributed by atoms with Gasteiger partial charge in [0.2, 0.25) is 11.8 Å². The van der Waals surface area contributed by atoms with Crippen molar-refractivity contribution in [1.82, 2.24) is 19.9 Å². The topological polar surface area (TPSA) is 88.5 Å². The summed E-state index contributed by atoms with van der Waals surface area (Å²) in [5.74, 6) is 1.61. The molecule has 1 aliphatic rings. The minimum absolute atomic E-state index is 0.0792. The highest BCUT2D eigenvalue weighted by Crippen LogP contribution is 2.20. The molecule has 1 saturated heterocycles. The van der Waals surface area contributed by atoms with E-state index in [-0.39, 0.29) is 18.0 Å². The summed E-state index contributed by atoms with van der Waals surface area (Å²) in [4.78, 5) is 20.7. The van der Waals surface area contributed by atoms with Crippen molar-refractivity contribution in [2.24, 2.45) is 5.73 Å². The van der Waals surface area contributed by atoms with Crippen molar-refractivity contribution < 1.29 is 9.32 Å². The molecule has 7 heteroatoms. The number of piperazine rings is 1. The van der Waals surface area contributed by atoms with Gasteiger partial charge in [0, 0.05) is 45.1 Å². The maximum Gasteiger partial charge on any atom is 0.243 e. The molecule has 2 heterocycles. The van der Waals surface area contributed by atoms with Gasteiger partial charge >= 0.3 is 0 Å². The molecule has 7 nitrogen and oxygen atoms in total. The van der Waals surface area contributed by atoms with E-state index in [1.54, 1.807) is 0 Å². The third-order valence-electron chi connectivity index (χ3n) is 4.19. The van der Waals surface area contributed by atoms with Gasteiger partial charge in [-0.05, 0) is 20.3 Å². The Hall–Kier alpha value is -1.47. The fourth-order valence-corrected chi connectivity index (χ4v) is 2.60. The molecule has 1 fully saturated rings. The molecule has 1 aliphatic heterocycles. The molecule has 124 valence electrons. The summed E-state index contributed by atoms with van der Waals surface area (Å²) in [6.07, 6.45) is 2.06. The molecule has 1 aromatic rings. The lowest BCUT2D eigenvalue weighted by atomic mass is 10.1. The number of rotatable bonds is 6. The second kappa shape index (κ2) is 7.69.